The van der Waals surface area contributed by atoms with E-state index < -0.39 is 12.4 Å². The smallest absolute Gasteiger partial charge is 0.269 e. The highest BCUT2D eigenvalue weighted by Gasteiger charge is 1.98. The topological polar surface area (TPSA) is 38.0 Å². The number of nitrogens with two attached hydrogens (primary N) is 1. The lowest BCUT2D eigenvalue weighted by Gasteiger charge is -1.94. The van der Waals surface area contributed by atoms with E-state index in [-0.39, 0.29) is 6.08 Å². The fourth-order valence-electron chi connectivity index (χ4n) is 0.159. The molecule has 1 unspecified atom stereocenters. The van der Waals surface area contributed by atoms with E-state index in [1.807, 2.05) is 0 Å². The first-order valence-corrected chi connectivity index (χ1v) is 1.80. The lowest BCUT2D eigenvalue weighted by Crippen LogP contribution is -2.29. The third kappa shape index (κ3) is 3.63. The highest BCUT2D eigenvalue weighted by atomic mass is 19.3. The van der Waals surface area contributed by atoms with Gasteiger partial charge in [-0.25, -0.2) is 9.82 Å². The maximum absolute atomic E-state index is 11.6. The number of alkyl halides is 1. The molecule has 0 amide bonds. The van der Waals surface area contributed by atoms with Crippen LogP contribution in [0.5, 0.6) is 0 Å². The summed E-state index contributed by atoms with van der Waals surface area (Å²) in [4.78, 5) is 0. The van der Waals surface area contributed by atoms with E-state index in [4.69, 9.17) is 0 Å². The van der Waals surface area contributed by atoms with Gasteiger partial charge in [-0.15, -0.1) is 0 Å². The Kier molecular flexibility index (Phi) is 3.21. The van der Waals surface area contributed by atoms with Gasteiger partial charge >= 0.3 is 0 Å². The average Bonchev–Trinajstić information content (AvgIpc) is 1.65. The van der Waals surface area contributed by atoms with Crippen LogP contribution in [-0.2, 0) is 0 Å². The van der Waals surface area contributed by atoms with Gasteiger partial charge in [0.25, 0.3) is 6.08 Å². The molecule has 0 saturated carbocycles. The highest BCUT2D eigenvalue weighted by Crippen LogP contribution is 1.98. The third-order valence-electron chi connectivity index (χ3n) is 0.432. The Morgan fingerprint density at radius 1 is 1.62 bits per heavy atom. The normalized spacial score (nSPS) is 13.0. The summed E-state index contributed by atoms with van der Waals surface area (Å²) in [7, 11) is 0. The molecule has 8 heavy (non-hydrogen) atoms. The van der Waals surface area contributed by atoms with Crippen molar-refractivity contribution < 1.29 is 13.2 Å². The van der Waals surface area contributed by atoms with E-state index in [0.29, 0.717) is 0 Å². The lowest BCUT2D eigenvalue weighted by atomic mass is 10.6. The van der Waals surface area contributed by atoms with Crippen molar-refractivity contribution in [1.29, 1.82) is 0 Å². The van der Waals surface area contributed by atoms with Crippen molar-refractivity contribution in [1.82, 2.24) is 5.43 Å². The van der Waals surface area contributed by atoms with Crippen LogP contribution in [0, 0.1) is 0 Å². The van der Waals surface area contributed by atoms with Crippen LogP contribution in [0.3, 0.4) is 0 Å². The fourth-order valence-corrected chi connectivity index (χ4v) is 0.159. The molecule has 0 aliphatic carbocycles. The van der Waals surface area contributed by atoms with Crippen molar-refractivity contribution in [2.45, 2.75) is 6.30 Å². The van der Waals surface area contributed by atoms with Gasteiger partial charge in [-0.2, -0.15) is 8.78 Å². The van der Waals surface area contributed by atoms with Gasteiger partial charge in [0.15, 0.2) is 6.30 Å². The van der Waals surface area contributed by atoms with Crippen molar-refractivity contribution in [2.24, 2.45) is 5.84 Å². The number of rotatable bonds is 2. The number of hydrogen-bond acceptors (Lipinski definition) is 2. The predicted octanol–water partition coefficient (Wildman–Crippen LogP) is 0.526. The predicted molar refractivity (Wildman–Crippen MR) is 22.5 cm³/mol. The monoisotopic (exact) mass is 126 g/mol. The molecule has 2 nitrogen and oxygen atoms in total. The summed E-state index contributed by atoms with van der Waals surface area (Å²) in [5.41, 5.74) is 1.47. The molecule has 5 heteroatoms. The molecule has 0 bridgehead atoms. The minimum Gasteiger partial charge on any atom is -0.269 e. The summed E-state index contributed by atoms with van der Waals surface area (Å²) in [6.07, 6.45) is -3.98. The average molecular weight is 126 g/mol. The second-order valence-electron chi connectivity index (χ2n) is 1.02. The third-order valence-corrected chi connectivity index (χ3v) is 0.432. The molecule has 1 atom stereocenters. The molecule has 0 rings (SSSR count). The van der Waals surface area contributed by atoms with Gasteiger partial charge in [0.05, 0.1) is 0 Å². The summed E-state index contributed by atoms with van der Waals surface area (Å²) in [5, 5.41) is 0. The zero-order chi connectivity index (χ0) is 6.57. The Morgan fingerprint density at radius 2 is 2.12 bits per heavy atom. The molecule has 0 spiro atoms. The molecule has 0 aliphatic rings. The van der Waals surface area contributed by atoms with E-state index in [2.05, 4.69) is 5.84 Å². The molecule has 0 heterocycles. The second kappa shape index (κ2) is 3.45. The van der Waals surface area contributed by atoms with Crippen LogP contribution < -0.4 is 11.3 Å². The second-order valence-corrected chi connectivity index (χ2v) is 1.02. The van der Waals surface area contributed by atoms with Crippen LogP contribution in [0.1, 0.15) is 0 Å². The first kappa shape index (κ1) is 7.45. The number of hydrogen-bond donors (Lipinski definition) is 2. The fraction of sp³-hybridized carbons (Fsp3) is 0.333. The molecule has 0 fully saturated rings. The summed E-state index contributed by atoms with van der Waals surface area (Å²) >= 11 is 0. The van der Waals surface area contributed by atoms with Crippen molar-refractivity contribution in [3.8, 4) is 0 Å². The van der Waals surface area contributed by atoms with Crippen LogP contribution >= 0.6 is 0 Å². The molecule has 0 saturated heterocycles. The molecule has 0 aliphatic heterocycles. The van der Waals surface area contributed by atoms with Gasteiger partial charge in [0.1, 0.15) is 0 Å². The summed E-state index contributed by atoms with van der Waals surface area (Å²) in [6, 6.07) is 0. The van der Waals surface area contributed by atoms with Crippen LogP contribution in [0.4, 0.5) is 13.2 Å². The number of halogens is 3. The zero-order valence-electron chi connectivity index (χ0n) is 3.87. The molecule has 0 aromatic carbocycles. The van der Waals surface area contributed by atoms with Crippen molar-refractivity contribution >= 4 is 0 Å². The van der Waals surface area contributed by atoms with Crippen LogP contribution in [-0.4, -0.2) is 6.30 Å². The summed E-state index contributed by atoms with van der Waals surface area (Å²) < 4.78 is 33.6. The SMILES string of the molecule is NNC(F)C=C(F)F. The van der Waals surface area contributed by atoms with Crippen LogP contribution in [0.15, 0.2) is 12.2 Å². The highest BCUT2D eigenvalue weighted by molar-refractivity contribution is 4.85. The molecule has 0 radical (unpaired) electrons. The number of hydrazine groups is 1. The lowest BCUT2D eigenvalue weighted by molar-refractivity contribution is 0.317. The van der Waals surface area contributed by atoms with Gasteiger partial charge < -0.3 is 0 Å². The Hall–Kier alpha value is -0.550. The van der Waals surface area contributed by atoms with Crippen LogP contribution in [0.2, 0.25) is 0 Å². The van der Waals surface area contributed by atoms with Crippen molar-refractivity contribution in [3.05, 3.63) is 12.2 Å². The quantitative estimate of drug-likeness (QED) is 0.321. The van der Waals surface area contributed by atoms with E-state index in [1.54, 1.807) is 0 Å². The van der Waals surface area contributed by atoms with Gasteiger partial charge in [-0.3, -0.25) is 5.84 Å². The van der Waals surface area contributed by atoms with Crippen molar-refractivity contribution in [3.63, 3.8) is 0 Å². The van der Waals surface area contributed by atoms with E-state index in [0.717, 1.165) is 0 Å². The Bertz CT molecular complexity index is 88.5. The van der Waals surface area contributed by atoms with E-state index >= 15 is 0 Å². The molecule has 0 aromatic heterocycles. The van der Waals surface area contributed by atoms with Gasteiger partial charge in [0, 0.05) is 6.08 Å². The maximum Gasteiger partial charge on any atom is 0.270 e. The Balaban J connectivity index is 3.51. The Labute approximate surface area is 44.1 Å². The first-order valence-electron chi connectivity index (χ1n) is 1.80. The number of nitrogens with one attached hydrogen (secondary N) is 1. The van der Waals surface area contributed by atoms with Crippen LogP contribution in [0.25, 0.3) is 0 Å². The Morgan fingerprint density at radius 3 is 2.25 bits per heavy atom. The summed E-state index contributed by atoms with van der Waals surface area (Å²) in [5.74, 6) is 4.42. The van der Waals surface area contributed by atoms with Gasteiger partial charge in [0.2, 0.25) is 0 Å². The minimum absolute atomic E-state index is 0.0694. The maximum atomic E-state index is 11.6. The van der Waals surface area contributed by atoms with E-state index in [1.165, 1.54) is 5.43 Å². The zero-order valence-corrected chi connectivity index (χ0v) is 3.87. The molecule has 0 aromatic rings. The standard InChI is InChI=1S/C3H5F3N2/c4-2(5)1-3(6)8-7/h1,3,8H,7H2. The summed E-state index contributed by atoms with van der Waals surface area (Å²) in [6.45, 7) is 0. The molecule has 48 valence electrons. The largest absolute Gasteiger partial charge is 0.270 e. The molecule has 3 N–H and O–H groups in total. The van der Waals surface area contributed by atoms with Crippen molar-refractivity contribution in [2.75, 3.05) is 0 Å². The molecular weight excluding hydrogens is 121 g/mol. The van der Waals surface area contributed by atoms with E-state index in [9.17, 15) is 13.2 Å². The minimum atomic E-state index is -2.09. The first-order chi connectivity index (χ1) is 3.66. The van der Waals surface area contributed by atoms with Gasteiger partial charge in [-0.1, -0.05) is 0 Å². The van der Waals surface area contributed by atoms with Gasteiger partial charge in [-0.05, 0) is 0 Å². The molecular formula is C3H5F3N2.